The third kappa shape index (κ3) is 3.50. The Hall–Kier alpha value is -3.69. The number of anilines is 1. The number of halogens is 1. The zero-order chi connectivity index (χ0) is 27.1. The number of hydrogen-bond donors (Lipinski definition) is 1. The van der Waals surface area contributed by atoms with Gasteiger partial charge in [0, 0.05) is 16.0 Å². The molecule has 6 nitrogen and oxygen atoms in total. The van der Waals surface area contributed by atoms with Crippen molar-refractivity contribution in [1.82, 2.24) is 4.98 Å². The SMILES string of the molecule is O=C1[C@H]2[C@H]3C[C@@H]([C@@H]2C(=O)N1c1ccc(F)cc1)[C@H]1[C@H](c2cccc(Oc4ccccc4)c2)c2sc(=O)[nH]c2S[C@H]31. The number of hydrogen-bond acceptors (Lipinski definition) is 6. The van der Waals surface area contributed by atoms with Crippen molar-refractivity contribution < 1.29 is 18.7 Å². The van der Waals surface area contributed by atoms with Crippen molar-refractivity contribution in [3.63, 3.8) is 0 Å². The van der Waals surface area contributed by atoms with Crippen LogP contribution in [0.25, 0.3) is 0 Å². The molecular weight excluding hydrogens is 547 g/mol. The van der Waals surface area contributed by atoms with Crippen molar-refractivity contribution in [3.05, 3.63) is 105 Å². The summed E-state index contributed by atoms with van der Waals surface area (Å²) in [4.78, 5) is 45.3. The number of nitrogens with one attached hydrogen (secondary N) is 1. The Kier molecular flexibility index (Phi) is 5.37. The van der Waals surface area contributed by atoms with Crippen LogP contribution in [0.2, 0.25) is 0 Å². The molecule has 2 amide bonds. The van der Waals surface area contributed by atoms with Crippen molar-refractivity contribution in [3.8, 4) is 11.5 Å². The lowest BCUT2D eigenvalue weighted by Gasteiger charge is -2.43. The maximum atomic E-state index is 13.8. The molecule has 3 aromatic carbocycles. The highest BCUT2D eigenvalue weighted by molar-refractivity contribution is 8.00. The molecule has 0 unspecified atom stereocenters. The molecule has 2 aliphatic carbocycles. The lowest BCUT2D eigenvalue weighted by Crippen LogP contribution is -2.42. The topological polar surface area (TPSA) is 79.5 Å². The number of nitrogens with zero attached hydrogens (tertiary/aromatic N) is 1. The van der Waals surface area contributed by atoms with Crippen LogP contribution >= 0.6 is 23.1 Å². The van der Waals surface area contributed by atoms with Gasteiger partial charge in [-0.3, -0.25) is 19.3 Å². The van der Waals surface area contributed by atoms with Crippen molar-refractivity contribution in [1.29, 1.82) is 0 Å². The Bertz CT molecular complexity index is 1720. The number of imide groups is 1. The Labute approximate surface area is 237 Å². The molecule has 2 bridgehead atoms. The Morgan fingerprint density at radius 3 is 2.35 bits per heavy atom. The molecule has 7 atom stereocenters. The number of thioether (sulfide) groups is 1. The van der Waals surface area contributed by atoms with Crippen molar-refractivity contribution in [2.75, 3.05) is 4.90 Å². The first-order valence-electron chi connectivity index (χ1n) is 13.3. The average molecular weight is 571 g/mol. The monoisotopic (exact) mass is 570 g/mol. The zero-order valence-electron chi connectivity index (χ0n) is 21.0. The number of aromatic amines is 1. The van der Waals surface area contributed by atoms with Gasteiger partial charge in [0.15, 0.2) is 0 Å². The van der Waals surface area contributed by atoms with Crippen LogP contribution < -0.4 is 14.5 Å². The summed E-state index contributed by atoms with van der Waals surface area (Å²) in [6.45, 7) is 0. The van der Waals surface area contributed by atoms with E-state index in [1.165, 1.54) is 40.5 Å². The first-order chi connectivity index (χ1) is 19.5. The van der Waals surface area contributed by atoms with Crippen LogP contribution in [0, 0.1) is 35.4 Å². The first-order valence-corrected chi connectivity index (χ1v) is 15.0. The molecule has 8 rings (SSSR count). The molecule has 3 fully saturated rings. The normalized spacial score (nSPS) is 29.8. The Balaban J connectivity index is 1.19. The average Bonchev–Trinajstić information content (AvgIpc) is 3.69. The lowest BCUT2D eigenvalue weighted by molar-refractivity contribution is -0.123. The smallest absolute Gasteiger partial charge is 0.305 e. The fourth-order valence-electron chi connectivity index (χ4n) is 7.63. The summed E-state index contributed by atoms with van der Waals surface area (Å²) in [5.41, 5.74) is 1.46. The largest absolute Gasteiger partial charge is 0.457 e. The van der Waals surface area contributed by atoms with Crippen LogP contribution in [0.1, 0.15) is 22.8 Å². The first kappa shape index (κ1) is 24.1. The molecule has 4 aliphatic rings. The Morgan fingerprint density at radius 2 is 1.57 bits per heavy atom. The number of rotatable bonds is 4. The highest BCUT2D eigenvalue weighted by Crippen LogP contribution is 2.68. The van der Waals surface area contributed by atoms with E-state index >= 15 is 0 Å². The van der Waals surface area contributed by atoms with Gasteiger partial charge in [-0.05, 0) is 78.3 Å². The van der Waals surface area contributed by atoms with Gasteiger partial charge in [0.2, 0.25) is 11.8 Å². The minimum Gasteiger partial charge on any atom is -0.457 e. The minimum absolute atomic E-state index is 0.00319. The second kappa shape index (κ2) is 8.91. The number of fused-ring (bicyclic) bond motifs is 9. The molecule has 200 valence electrons. The maximum absolute atomic E-state index is 13.8. The molecular formula is C31H23FN2O4S2. The number of H-pyrrole nitrogens is 1. The molecule has 1 saturated heterocycles. The second-order valence-electron chi connectivity index (χ2n) is 10.9. The quantitative estimate of drug-likeness (QED) is 0.303. The van der Waals surface area contributed by atoms with Crippen LogP contribution in [0.3, 0.4) is 0 Å². The summed E-state index contributed by atoms with van der Waals surface area (Å²) in [6, 6.07) is 23.1. The Morgan fingerprint density at radius 1 is 0.850 bits per heavy atom. The molecule has 1 N–H and O–H groups in total. The van der Waals surface area contributed by atoms with Gasteiger partial charge in [-0.2, -0.15) is 0 Å². The van der Waals surface area contributed by atoms with Gasteiger partial charge in [-0.1, -0.05) is 41.7 Å². The summed E-state index contributed by atoms with van der Waals surface area (Å²) in [6.07, 6.45) is 0.808. The highest BCUT2D eigenvalue weighted by atomic mass is 32.2. The number of thiazole rings is 1. The van der Waals surface area contributed by atoms with Crippen LogP contribution in [0.4, 0.5) is 10.1 Å². The van der Waals surface area contributed by atoms with E-state index in [2.05, 4.69) is 11.1 Å². The second-order valence-corrected chi connectivity index (χ2v) is 13.1. The van der Waals surface area contributed by atoms with Gasteiger partial charge in [0.25, 0.3) is 0 Å². The van der Waals surface area contributed by atoms with Gasteiger partial charge in [-0.15, -0.1) is 11.8 Å². The zero-order valence-corrected chi connectivity index (χ0v) is 22.7. The summed E-state index contributed by atoms with van der Waals surface area (Å²) >= 11 is 2.89. The van der Waals surface area contributed by atoms with E-state index in [1.54, 1.807) is 11.8 Å². The van der Waals surface area contributed by atoms with E-state index in [-0.39, 0.29) is 45.6 Å². The predicted molar refractivity (Wildman–Crippen MR) is 150 cm³/mol. The summed E-state index contributed by atoms with van der Waals surface area (Å²) in [5, 5.41) is 0.963. The molecule has 4 aromatic rings. The number of carbonyl (C=O) groups excluding carboxylic acids is 2. The van der Waals surface area contributed by atoms with Gasteiger partial charge in [0.05, 0.1) is 22.5 Å². The van der Waals surface area contributed by atoms with E-state index in [1.807, 2.05) is 48.5 Å². The van der Waals surface area contributed by atoms with Crippen LogP contribution in [0.15, 0.2) is 88.7 Å². The number of carbonyl (C=O) groups is 2. The molecule has 9 heteroatoms. The number of benzene rings is 3. The predicted octanol–water partition coefficient (Wildman–Crippen LogP) is 6.05. The molecule has 2 saturated carbocycles. The molecule has 2 aliphatic heterocycles. The third-order valence-corrected chi connectivity index (χ3v) is 11.6. The van der Waals surface area contributed by atoms with Gasteiger partial charge in [0.1, 0.15) is 17.3 Å². The van der Waals surface area contributed by atoms with E-state index in [0.717, 1.165) is 27.6 Å². The molecule has 1 aromatic heterocycles. The number of ether oxygens (including phenoxy) is 1. The molecule has 0 radical (unpaired) electrons. The van der Waals surface area contributed by atoms with E-state index in [4.69, 9.17) is 4.74 Å². The summed E-state index contributed by atoms with van der Waals surface area (Å²) in [7, 11) is 0. The van der Waals surface area contributed by atoms with Crippen LogP contribution in [-0.2, 0) is 9.59 Å². The highest BCUT2D eigenvalue weighted by Gasteiger charge is 2.69. The van der Waals surface area contributed by atoms with Crippen molar-refractivity contribution >= 4 is 40.6 Å². The summed E-state index contributed by atoms with van der Waals surface area (Å²) in [5.74, 6) is -0.121. The molecule has 40 heavy (non-hydrogen) atoms. The van der Waals surface area contributed by atoms with E-state index in [9.17, 15) is 18.8 Å². The lowest BCUT2D eigenvalue weighted by atomic mass is 9.68. The van der Waals surface area contributed by atoms with Gasteiger partial charge in [-0.25, -0.2) is 4.39 Å². The number of aromatic nitrogens is 1. The summed E-state index contributed by atoms with van der Waals surface area (Å²) < 4.78 is 19.7. The van der Waals surface area contributed by atoms with Crippen LogP contribution in [0.5, 0.6) is 11.5 Å². The number of para-hydroxylation sites is 1. The van der Waals surface area contributed by atoms with Crippen molar-refractivity contribution in [2.45, 2.75) is 22.6 Å². The molecule has 0 spiro atoms. The van der Waals surface area contributed by atoms with E-state index in [0.29, 0.717) is 11.4 Å². The fourth-order valence-corrected chi connectivity index (χ4v) is 10.5. The van der Waals surface area contributed by atoms with Crippen LogP contribution in [-0.4, -0.2) is 22.0 Å². The third-order valence-electron chi connectivity index (χ3n) is 9.00. The standard InChI is InChI=1S/C31H23FN2O4S2/c32-16-9-11-17(12-10-16)34-29(35)24-20-14-21(25(24)30(34)36)26-23(20)22(27-28(39-26)33-31(37)40-27)15-5-4-8-19(13-15)38-18-6-2-1-3-7-18/h1-13,20-26H,14H2,(H,33,37)/t20-,21-,22+,23+,24+,25+,26-/m1/s1. The van der Waals surface area contributed by atoms with Gasteiger partial charge < -0.3 is 9.72 Å². The van der Waals surface area contributed by atoms with Gasteiger partial charge >= 0.3 is 4.87 Å². The minimum atomic E-state index is -0.410. The van der Waals surface area contributed by atoms with E-state index < -0.39 is 17.7 Å². The molecule has 3 heterocycles. The number of amides is 2. The fraction of sp³-hybridized carbons (Fsp3) is 0.258. The maximum Gasteiger partial charge on any atom is 0.305 e. The van der Waals surface area contributed by atoms with Crippen molar-refractivity contribution in [2.24, 2.45) is 29.6 Å².